The van der Waals surface area contributed by atoms with Gasteiger partial charge < -0.3 is 10.5 Å². The van der Waals surface area contributed by atoms with E-state index in [2.05, 4.69) is 4.74 Å². The molecule has 3 nitrogen and oxygen atoms in total. The van der Waals surface area contributed by atoms with Gasteiger partial charge in [0.2, 0.25) is 0 Å². The molecule has 0 aliphatic heterocycles. The van der Waals surface area contributed by atoms with E-state index in [9.17, 15) is 65.9 Å². The van der Waals surface area contributed by atoms with E-state index in [1.165, 1.54) is 0 Å². The third-order valence-corrected chi connectivity index (χ3v) is 3.98. The van der Waals surface area contributed by atoms with Crippen molar-refractivity contribution in [1.82, 2.24) is 0 Å². The average molecular weight is 518 g/mol. The SMILES string of the molecule is N=C(N)c1ccc(OCC(F)(F)C(F)(F)C(F)(F)C(F)(F)C(F)(F)C(F)(F)C(F)(F)F)cc1. The second-order valence-electron chi connectivity index (χ2n) is 6.30. The number of rotatable bonds is 9. The van der Waals surface area contributed by atoms with Crippen LogP contribution in [0.15, 0.2) is 24.3 Å². The molecule has 0 radical (unpaired) electrons. The number of hydrogen-bond donors (Lipinski definition) is 2. The molecule has 0 aliphatic carbocycles. The minimum absolute atomic E-state index is 0.0848. The van der Waals surface area contributed by atoms with E-state index in [0.29, 0.717) is 12.1 Å². The molecule has 0 unspecified atom stereocenters. The van der Waals surface area contributed by atoms with Crippen LogP contribution in [0.5, 0.6) is 5.75 Å². The Labute approximate surface area is 172 Å². The molecular weight excluding hydrogens is 509 g/mol. The van der Waals surface area contributed by atoms with E-state index >= 15 is 0 Å². The first-order valence-corrected chi connectivity index (χ1v) is 7.79. The Morgan fingerprint density at radius 3 is 1.36 bits per heavy atom. The molecule has 1 rings (SSSR count). The molecular formula is C15H9F15N2O. The standard InChI is InChI=1S/C15H9F15N2O/c16-9(17,5-33-7-3-1-6(2-4-7)8(31)32)10(18,19)11(20,21)12(22,23)13(24,25)14(26,27)15(28,29)30/h1-4H,5H2,(H3,31,32). The second-order valence-corrected chi connectivity index (χ2v) is 6.30. The Morgan fingerprint density at radius 2 is 1.00 bits per heavy atom. The number of ether oxygens (including phenoxy) is 1. The lowest BCUT2D eigenvalue weighted by Gasteiger charge is -2.41. The van der Waals surface area contributed by atoms with Gasteiger partial charge >= 0.3 is 41.7 Å². The average Bonchev–Trinajstić information content (AvgIpc) is 2.65. The Bertz CT molecular complexity index is 861. The number of benzene rings is 1. The van der Waals surface area contributed by atoms with Gasteiger partial charge in [0.1, 0.15) is 11.6 Å². The molecule has 33 heavy (non-hydrogen) atoms. The van der Waals surface area contributed by atoms with E-state index in [-0.39, 0.29) is 5.56 Å². The molecule has 18 heteroatoms. The summed E-state index contributed by atoms with van der Waals surface area (Å²) in [6.07, 6.45) is -7.65. The van der Waals surface area contributed by atoms with Crippen molar-refractivity contribution in [2.75, 3.05) is 6.61 Å². The van der Waals surface area contributed by atoms with Gasteiger partial charge in [0.25, 0.3) is 0 Å². The fourth-order valence-electron chi connectivity index (χ4n) is 1.99. The zero-order valence-electron chi connectivity index (χ0n) is 15.2. The monoisotopic (exact) mass is 518 g/mol. The molecule has 0 saturated heterocycles. The Kier molecular flexibility index (Phi) is 6.93. The lowest BCUT2D eigenvalue weighted by molar-refractivity contribution is -0.453. The first kappa shape index (κ1) is 28.5. The maximum Gasteiger partial charge on any atom is 0.460 e. The summed E-state index contributed by atoms with van der Waals surface area (Å²) in [6.45, 7) is -2.94. The first-order chi connectivity index (χ1) is 14.4. The van der Waals surface area contributed by atoms with Crippen molar-refractivity contribution in [2.45, 2.75) is 41.7 Å². The van der Waals surface area contributed by atoms with Crippen molar-refractivity contribution in [3.8, 4) is 5.75 Å². The van der Waals surface area contributed by atoms with E-state index in [1.807, 2.05) is 0 Å². The fourth-order valence-corrected chi connectivity index (χ4v) is 1.99. The molecule has 0 bridgehead atoms. The Balaban J connectivity index is 3.31. The summed E-state index contributed by atoms with van der Waals surface area (Å²) in [6, 6.07) is 3.01. The Morgan fingerprint density at radius 1 is 0.636 bits per heavy atom. The van der Waals surface area contributed by atoms with Gasteiger partial charge in [0, 0.05) is 5.56 Å². The summed E-state index contributed by atoms with van der Waals surface area (Å²) < 4.78 is 200. The molecule has 0 atom stereocenters. The van der Waals surface area contributed by atoms with Crippen LogP contribution in [0.4, 0.5) is 65.9 Å². The molecule has 1 aromatic rings. The minimum atomic E-state index is -8.34. The van der Waals surface area contributed by atoms with Crippen molar-refractivity contribution in [3.05, 3.63) is 29.8 Å². The third kappa shape index (κ3) is 4.34. The van der Waals surface area contributed by atoms with Crippen LogP contribution < -0.4 is 10.5 Å². The zero-order chi connectivity index (χ0) is 26.5. The van der Waals surface area contributed by atoms with Crippen LogP contribution in [-0.2, 0) is 0 Å². The van der Waals surface area contributed by atoms with Crippen LogP contribution in [0.2, 0.25) is 0 Å². The number of hydrogen-bond acceptors (Lipinski definition) is 2. The van der Waals surface area contributed by atoms with Crippen LogP contribution >= 0.6 is 0 Å². The van der Waals surface area contributed by atoms with Gasteiger partial charge in [0.15, 0.2) is 6.61 Å². The molecule has 0 aliphatic rings. The summed E-state index contributed by atoms with van der Waals surface area (Å²) in [5.41, 5.74) is 4.94. The zero-order valence-corrected chi connectivity index (χ0v) is 15.2. The quantitative estimate of drug-likeness (QED) is 0.250. The van der Waals surface area contributed by atoms with Crippen LogP contribution in [0.25, 0.3) is 0 Å². The smallest absolute Gasteiger partial charge is 0.460 e. The third-order valence-electron chi connectivity index (χ3n) is 3.98. The van der Waals surface area contributed by atoms with Crippen molar-refractivity contribution >= 4 is 5.84 Å². The predicted molar refractivity (Wildman–Crippen MR) is 78.7 cm³/mol. The summed E-state index contributed by atoms with van der Waals surface area (Å²) in [5.74, 6) is -48.4. The van der Waals surface area contributed by atoms with Crippen LogP contribution in [0, 0.1) is 5.41 Å². The molecule has 0 amide bonds. The van der Waals surface area contributed by atoms with Crippen LogP contribution in [0.3, 0.4) is 0 Å². The minimum Gasteiger partial charge on any atom is -0.487 e. The van der Waals surface area contributed by atoms with Gasteiger partial charge in [-0.05, 0) is 24.3 Å². The Hall–Kier alpha value is -2.56. The maximum absolute atomic E-state index is 13.6. The van der Waals surface area contributed by atoms with Gasteiger partial charge in [-0.25, -0.2) is 0 Å². The van der Waals surface area contributed by atoms with Gasteiger partial charge in [-0.2, -0.15) is 65.9 Å². The maximum atomic E-state index is 13.6. The largest absolute Gasteiger partial charge is 0.487 e. The summed E-state index contributed by atoms with van der Waals surface area (Å²) in [7, 11) is 0. The van der Waals surface area contributed by atoms with Gasteiger partial charge in [0.05, 0.1) is 0 Å². The normalized spacial score (nSPS) is 14.9. The van der Waals surface area contributed by atoms with Crippen molar-refractivity contribution in [3.63, 3.8) is 0 Å². The van der Waals surface area contributed by atoms with E-state index in [4.69, 9.17) is 11.1 Å². The van der Waals surface area contributed by atoms with Crippen LogP contribution in [-0.4, -0.2) is 54.2 Å². The topological polar surface area (TPSA) is 59.1 Å². The molecule has 3 N–H and O–H groups in total. The number of nitrogens with two attached hydrogens (primary N) is 1. The fraction of sp³-hybridized carbons (Fsp3) is 0.533. The van der Waals surface area contributed by atoms with E-state index < -0.39 is 59.9 Å². The first-order valence-electron chi connectivity index (χ1n) is 7.79. The van der Waals surface area contributed by atoms with Crippen molar-refractivity contribution in [1.29, 1.82) is 5.41 Å². The number of halogens is 15. The van der Waals surface area contributed by atoms with E-state index in [1.54, 1.807) is 0 Å². The number of amidine groups is 1. The number of nitrogen functional groups attached to an aromatic ring is 1. The second kappa shape index (κ2) is 8.03. The molecule has 0 heterocycles. The summed E-state index contributed by atoms with van der Waals surface area (Å²) in [4.78, 5) is 0. The van der Waals surface area contributed by atoms with Crippen LogP contribution in [0.1, 0.15) is 5.56 Å². The summed E-state index contributed by atoms with van der Waals surface area (Å²) in [5, 5.41) is 7.03. The lowest BCUT2D eigenvalue weighted by atomic mass is 9.91. The molecule has 1 aromatic carbocycles. The predicted octanol–water partition coefficient (Wildman–Crippen LogP) is 5.72. The highest BCUT2D eigenvalue weighted by Crippen LogP contribution is 2.62. The lowest BCUT2D eigenvalue weighted by Crippen LogP contribution is -2.73. The van der Waals surface area contributed by atoms with Gasteiger partial charge in [-0.15, -0.1) is 0 Å². The number of alkyl halides is 15. The van der Waals surface area contributed by atoms with E-state index in [0.717, 1.165) is 12.1 Å². The molecule has 0 aromatic heterocycles. The van der Waals surface area contributed by atoms with Gasteiger partial charge in [-0.1, -0.05) is 0 Å². The highest BCUT2D eigenvalue weighted by Gasteiger charge is 2.93. The molecule has 0 spiro atoms. The molecule has 0 fully saturated rings. The van der Waals surface area contributed by atoms with Crippen molar-refractivity contribution < 1.29 is 70.6 Å². The van der Waals surface area contributed by atoms with Gasteiger partial charge in [-0.3, -0.25) is 5.41 Å². The molecule has 0 saturated carbocycles. The number of nitrogens with one attached hydrogen (secondary N) is 1. The molecule has 190 valence electrons. The van der Waals surface area contributed by atoms with Crippen molar-refractivity contribution in [2.24, 2.45) is 5.73 Å². The highest BCUT2D eigenvalue weighted by molar-refractivity contribution is 5.94. The summed E-state index contributed by atoms with van der Waals surface area (Å²) >= 11 is 0. The highest BCUT2D eigenvalue weighted by atomic mass is 19.4.